The van der Waals surface area contributed by atoms with Crippen LogP contribution in [-0.2, 0) is 25.7 Å². The van der Waals surface area contributed by atoms with E-state index in [4.69, 9.17) is 20.9 Å². The number of likely N-dealkylation sites (tertiary alicyclic amines) is 1. The monoisotopic (exact) mass is 415 g/mol. The number of carbonyl (C=O) groups is 3. The standard InChI is InChI=1S/C20H18ClN3O5/c1-11(24-18(25)14-7-2-3-8-15(14)19(24)26)20(27)28-10-16-22-17(23-29-16)12-5-4-6-13(21)9-12/h2-6,9,11,14-15H,7-8,10H2,1H3/t11-,14-,15-/m1/s1. The number of hydrogen-bond acceptors (Lipinski definition) is 7. The highest BCUT2D eigenvalue weighted by Crippen LogP contribution is 2.36. The minimum Gasteiger partial charge on any atom is -0.454 e. The van der Waals surface area contributed by atoms with Crippen LogP contribution in [0.1, 0.15) is 25.7 Å². The molecule has 0 N–H and O–H groups in total. The molecule has 2 aromatic rings. The van der Waals surface area contributed by atoms with Gasteiger partial charge < -0.3 is 9.26 Å². The molecule has 150 valence electrons. The summed E-state index contributed by atoms with van der Waals surface area (Å²) >= 11 is 5.95. The maximum atomic E-state index is 12.6. The van der Waals surface area contributed by atoms with Gasteiger partial charge in [0, 0.05) is 10.6 Å². The first-order valence-electron chi connectivity index (χ1n) is 9.23. The molecule has 9 heteroatoms. The molecule has 1 aliphatic heterocycles. The predicted octanol–water partition coefficient (Wildman–Crippen LogP) is 2.77. The molecule has 0 bridgehead atoms. The van der Waals surface area contributed by atoms with Crippen LogP contribution >= 0.6 is 11.6 Å². The van der Waals surface area contributed by atoms with Crippen molar-refractivity contribution in [2.24, 2.45) is 11.8 Å². The average Bonchev–Trinajstić information content (AvgIpc) is 3.29. The topological polar surface area (TPSA) is 103 Å². The Labute approximate surface area is 171 Å². The zero-order valence-electron chi connectivity index (χ0n) is 15.6. The number of fused-ring (bicyclic) bond motifs is 1. The molecule has 3 atom stereocenters. The first kappa shape index (κ1) is 19.3. The minimum absolute atomic E-state index is 0.0949. The van der Waals surface area contributed by atoms with E-state index in [1.807, 2.05) is 12.2 Å². The molecule has 0 spiro atoms. The van der Waals surface area contributed by atoms with Crippen molar-refractivity contribution in [3.8, 4) is 11.4 Å². The number of nitrogens with zero attached hydrogens (tertiary/aromatic N) is 3. The molecule has 2 aliphatic rings. The van der Waals surface area contributed by atoms with Crippen molar-refractivity contribution in [1.29, 1.82) is 0 Å². The number of halogens is 1. The number of carbonyl (C=O) groups excluding carboxylic acids is 3. The summed E-state index contributed by atoms with van der Waals surface area (Å²) in [6.45, 7) is 1.22. The van der Waals surface area contributed by atoms with Crippen LogP contribution in [0.2, 0.25) is 5.02 Å². The molecule has 0 radical (unpaired) electrons. The van der Waals surface area contributed by atoms with Crippen molar-refractivity contribution in [3.05, 3.63) is 47.3 Å². The van der Waals surface area contributed by atoms with E-state index in [1.165, 1.54) is 6.92 Å². The Morgan fingerprint density at radius 2 is 1.97 bits per heavy atom. The number of imide groups is 1. The molecule has 8 nitrogen and oxygen atoms in total. The van der Waals surface area contributed by atoms with Crippen molar-refractivity contribution in [2.75, 3.05) is 0 Å². The maximum absolute atomic E-state index is 12.6. The Hall–Kier alpha value is -3.00. The van der Waals surface area contributed by atoms with Crippen LogP contribution in [0, 0.1) is 11.8 Å². The van der Waals surface area contributed by atoms with E-state index in [1.54, 1.807) is 24.3 Å². The third-order valence-corrected chi connectivity index (χ3v) is 5.39. The summed E-state index contributed by atoms with van der Waals surface area (Å²) in [5, 5.41) is 4.37. The molecule has 1 fully saturated rings. The van der Waals surface area contributed by atoms with Gasteiger partial charge in [-0.25, -0.2) is 4.79 Å². The highest BCUT2D eigenvalue weighted by molar-refractivity contribution is 6.30. The van der Waals surface area contributed by atoms with Crippen LogP contribution in [0.15, 0.2) is 40.9 Å². The SMILES string of the molecule is C[C@H](C(=O)OCc1nc(-c2cccc(Cl)c2)no1)N1C(=O)[C@@H]2CC=CC[C@H]2C1=O. The quantitative estimate of drug-likeness (QED) is 0.420. The Balaban J connectivity index is 1.39. The molecule has 29 heavy (non-hydrogen) atoms. The maximum Gasteiger partial charge on any atom is 0.329 e. The summed E-state index contributed by atoms with van der Waals surface area (Å²) < 4.78 is 10.3. The van der Waals surface area contributed by atoms with Crippen molar-refractivity contribution in [3.63, 3.8) is 0 Å². The molecule has 1 aliphatic carbocycles. The minimum atomic E-state index is -1.02. The van der Waals surface area contributed by atoms with Crippen LogP contribution in [0.4, 0.5) is 0 Å². The number of esters is 1. The lowest BCUT2D eigenvalue weighted by Gasteiger charge is -2.21. The summed E-state index contributed by atoms with van der Waals surface area (Å²) in [5.41, 5.74) is 0.664. The van der Waals surface area contributed by atoms with Gasteiger partial charge in [0.15, 0.2) is 6.61 Å². The summed E-state index contributed by atoms with van der Waals surface area (Å²) in [5.74, 6) is -1.73. The van der Waals surface area contributed by atoms with Gasteiger partial charge in [-0.1, -0.05) is 41.0 Å². The predicted molar refractivity (Wildman–Crippen MR) is 101 cm³/mol. The number of amides is 2. The number of benzene rings is 1. The summed E-state index contributed by atoms with van der Waals surface area (Å²) in [4.78, 5) is 42.8. The molecule has 2 heterocycles. The largest absolute Gasteiger partial charge is 0.454 e. The zero-order chi connectivity index (χ0) is 20.5. The van der Waals surface area contributed by atoms with Gasteiger partial charge in [0.1, 0.15) is 6.04 Å². The van der Waals surface area contributed by atoms with E-state index in [0.29, 0.717) is 29.3 Å². The van der Waals surface area contributed by atoms with Crippen molar-refractivity contribution < 1.29 is 23.6 Å². The van der Waals surface area contributed by atoms with Gasteiger partial charge in [-0.15, -0.1) is 0 Å². The van der Waals surface area contributed by atoms with E-state index in [-0.39, 0.29) is 36.1 Å². The van der Waals surface area contributed by atoms with E-state index < -0.39 is 12.0 Å². The van der Waals surface area contributed by atoms with Crippen LogP contribution in [-0.4, -0.2) is 38.9 Å². The fraction of sp³-hybridized carbons (Fsp3) is 0.350. The van der Waals surface area contributed by atoms with Crippen molar-refractivity contribution in [2.45, 2.75) is 32.4 Å². The Kier molecular flexibility index (Phi) is 5.19. The van der Waals surface area contributed by atoms with Gasteiger partial charge in [-0.05, 0) is 31.9 Å². The van der Waals surface area contributed by atoms with Gasteiger partial charge >= 0.3 is 5.97 Å². The first-order chi connectivity index (χ1) is 14.0. The highest BCUT2D eigenvalue weighted by atomic mass is 35.5. The van der Waals surface area contributed by atoms with E-state index in [9.17, 15) is 14.4 Å². The van der Waals surface area contributed by atoms with E-state index in [0.717, 1.165) is 4.90 Å². The Bertz CT molecular complexity index is 976. The average molecular weight is 416 g/mol. The fourth-order valence-electron chi connectivity index (χ4n) is 3.62. The van der Waals surface area contributed by atoms with Gasteiger partial charge in [0.25, 0.3) is 5.89 Å². The van der Waals surface area contributed by atoms with Gasteiger partial charge in [-0.2, -0.15) is 4.98 Å². The lowest BCUT2D eigenvalue weighted by atomic mass is 9.85. The lowest BCUT2D eigenvalue weighted by Crippen LogP contribution is -2.44. The molecule has 0 unspecified atom stereocenters. The number of allylic oxidation sites excluding steroid dienone is 2. The molecule has 1 aromatic heterocycles. The van der Waals surface area contributed by atoms with E-state index >= 15 is 0 Å². The summed E-state index contributed by atoms with van der Waals surface area (Å²) in [7, 11) is 0. The van der Waals surface area contributed by atoms with Crippen LogP contribution < -0.4 is 0 Å². The number of aromatic nitrogens is 2. The Morgan fingerprint density at radius 3 is 2.62 bits per heavy atom. The number of ether oxygens (including phenoxy) is 1. The van der Waals surface area contributed by atoms with Crippen LogP contribution in [0.5, 0.6) is 0 Å². The van der Waals surface area contributed by atoms with Crippen molar-refractivity contribution >= 4 is 29.4 Å². The summed E-state index contributed by atoms with van der Waals surface area (Å²) in [6, 6.07) is 5.92. The second-order valence-corrected chi connectivity index (χ2v) is 7.44. The smallest absolute Gasteiger partial charge is 0.329 e. The first-order valence-corrected chi connectivity index (χ1v) is 9.60. The zero-order valence-corrected chi connectivity index (χ0v) is 16.3. The third-order valence-electron chi connectivity index (χ3n) is 5.16. The fourth-order valence-corrected chi connectivity index (χ4v) is 3.82. The molecular formula is C20H18ClN3O5. The normalized spacial score (nSPS) is 21.9. The molecule has 4 rings (SSSR count). The Morgan fingerprint density at radius 1 is 1.28 bits per heavy atom. The van der Waals surface area contributed by atoms with Crippen LogP contribution in [0.3, 0.4) is 0 Å². The molecule has 1 saturated heterocycles. The molecular weight excluding hydrogens is 398 g/mol. The molecule has 1 aromatic carbocycles. The summed E-state index contributed by atoms with van der Waals surface area (Å²) in [6.07, 6.45) is 4.82. The second-order valence-electron chi connectivity index (χ2n) is 7.01. The van der Waals surface area contributed by atoms with Gasteiger partial charge in [0.05, 0.1) is 11.8 Å². The molecule has 2 amide bonds. The third kappa shape index (κ3) is 3.67. The second kappa shape index (κ2) is 7.79. The molecule has 0 saturated carbocycles. The van der Waals surface area contributed by atoms with Gasteiger partial charge in [0.2, 0.25) is 17.6 Å². The van der Waals surface area contributed by atoms with Crippen LogP contribution in [0.25, 0.3) is 11.4 Å². The number of hydrogen-bond donors (Lipinski definition) is 0. The highest BCUT2D eigenvalue weighted by Gasteiger charge is 2.50. The van der Waals surface area contributed by atoms with Gasteiger partial charge in [-0.3, -0.25) is 14.5 Å². The van der Waals surface area contributed by atoms with E-state index in [2.05, 4.69) is 10.1 Å². The number of rotatable bonds is 5. The lowest BCUT2D eigenvalue weighted by molar-refractivity contribution is -0.159. The van der Waals surface area contributed by atoms with Crippen molar-refractivity contribution in [1.82, 2.24) is 15.0 Å².